The molecule has 0 aliphatic heterocycles. The van der Waals surface area contributed by atoms with Gasteiger partial charge in [0, 0.05) is 17.2 Å². The number of hydrogen-bond donors (Lipinski definition) is 0. The molecule has 0 atom stereocenters. The summed E-state index contributed by atoms with van der Waals surface area (Å²) in [6.07, 6.45) is 0. The second-order valence-corrected chi connectivity index (χ2v) is 7.01. The summed E-state index contributed by atoms with van der Waals surface area (Å²) in [6.45, 7) is 0. The number of nitro groups is 1. The molecule has 0 unspecified atom stereocenters. The van der Waals surface area contributed by atoms with Gasteiger partial charge in [-0.15, -0.1) is 0 Å². The van der Waals surface area contributed by atoms with Gasteiger partial charge in [0.2, 0.25) is 0 Å². The van der Waals surface area contributed by atoms with E-state index >= 15 is 0 Å². The highest BCUT2D eigenvalue weighted by Gasteiger charge is 2.19. The summed E-state index contributed by atoms with van der Waals surface area (Å²) in [7, 11) is -4.02. The van der Waals surface area contributed by atoms with Gasteiger partial charge in [-0.2, -0.15) is 8.42 Å². The molecular formula is C12H7ClINO5S. The van der Waals surface area contributed by atoms with E-state index in [1.54, 1.807) is 22.6 Å². The average molecular weight is 440 g/mol. The van der Waals surface area contributed by atoms with Crippen LogP contribution in [0.5, 0.6) is 5.75 Å². The fourth-order valence-electron chi connectivity index (χ4n) is 1.44. The van der Waals surface area contributed by atoms with Crippen LogP contribution in [-0.4, -0.2) is 13.3 Å². The van der Waals surface area contributed by atoms with Crippen LogP contribution in [0.25, 0.3) is 0 Å². The van der Waals surface area contributed by atoms with Gasteiger partial charge in [-0.25, -0.2) is 0 Å². The van der Waals surface area contributed by atoms with Gasteiger partial charge in [0.05, 0.1) is 8.49 Å². The zero-order valence-electron chi connectivity index (χ0n) is 10.2. The van der Waals surface area contributed by atoms with Crippen LogP contribution < -0.4 is 4.18 Å². The van der Waals surface area contributed by atoms with Gasteiger partial charge in [-0.05, 0) is 52.9 Å². The molecule has 0 aliphatic rings. The monoisotopic (exact) mass is 439 g/mol. The molecule has 0 N–H and O–H groups in total. The smallest absolute Gasteiger partial charge is 0.339 e. The highest BCUT2D eigenvalue weighted by Crippen LogP contribution is 2.28. The Labute approximate surface area is 139 Å². The van der Waals surface area contributed by atoms with Crippen molar-refractivity contribution >= 4 is 50.0 Å². The molecule has 0 saturated carbocycles. The van der Waals surface area contributed by atoms with Gasteiger partial charge in [0.25, 0.3) is 5.69 Å². The number of nitro benzene ring substituents is 1. The fraction of sp³-hybridized carbons (Fsp3) is 0. The summed E-state index contributed by atoms with van der Waals surface area (Å²) < 4.78 is 29.5. The van der Waals surface area contributed by atoms with Crippen LogP contribution in [0, 0.1) is 13.7 Å². The fourth-order valence-corrected chi connectivity index (χ4v) is 3.27. The molecule has 0 fully saturated rings. The minimum atomic E-state index is -4.02. The molecule has 0 heterocycles. The van der Waals surface area contributed by atoms with Crippen molar-refractivity contribution in [1.82, 2.24) is 0 Å². The Kier molecular flexibility index (Phi) is 4.69. The molecule has 0 bridgehead atoms. The van der Waals surface area contributed by atoms with Crippen molar-refractivity contribution < 1.29 is 17.5 Å². The van der Waals surface area contributed by atoms with Crippen molar-refractivity contribution in [1.29, 1.82) is 0 Å². The minimum absolute atomic E-state index is 0.0242. The third-order valence-electron chi connectivity index (χ3n) is 2.43. The van der Waals surface area contributed by atoms with Crippen LogP contribution in [0.1, 0.15) is 0 Å². The predicted octanol–water partition coefficient (Wildman–Crippen LogP) is 3.62. The number of nitrogens with zero attached hydrogens (tertiary/aromatic N) is 1. The highest BCUT2D eigenvalue weighted by molar-refractivity contribution is 14.1. The van der Waals surface area contributed by atoms with Crippen molar-refractivity contribution in [2.24, 2.45) is 0 Å². The molecule has 0 aromatic heterocycles. The first kappa shape index (κ1) is 16.0. The molecule has 2 rings (SSSR count). The van der Waals surface area contributed by atoms with Crippen molar-refractivity contribution in [3.05, 3.63) is 61.2 Å². The average Bonchev–Trinajstić information content (AvgIpc) is 2.41. The Morgan fingerprint density at radius 1 is 1.14 bits per heavy atom. The van der Waals surface area contributed by atoms with E-state index in [0.717, 1.165) is 0 Å². The Hall–Kier alpha value is -1.39. The first-order valence-electron chi connectivity index (χ1n) is 5.43. The maximum absolute atomic E-state index is 12.1. The minimum Gasteiger partial charge on any atom is -0.378 e. The van der Waals surface area contributed by atoms with E-state index in [9.17, 15) is 18.5 Å². The van der Waals surface area contributed by atoms with Gasteiger partial charge in [0.1, 0.15) is 4.90 Å². The topological polar surface area (TPSA) is 86.5 Å². The molecule has 21 heavy (non-hydrogen) atoms. The van der Waals surface area contributed by atoms with Crippen molar-refractivity contribution in [3.63, 3.8) is 0 Å². The molecule has 6 nitrogen and oxygen atoms in total. The van der Waals surface area contributed by atoms with Gasteiger partial charge in [0.15, 0.2) is 5.75 Å². The van der Waals surface area contributed by atoms with Crippen LogP contribution >= 0.6 is 34.2 Å². The normalized spacial score (nSPS) is 11.1. The van der Waals surface area contributed by atoms with Gasteiger partial charge >= 0.3 is 10.1 Å². The lowest BCUT2D eigenvalue weighted by Gasteiger charge is -2.08. The molecule has 0 aliphatic carbocycles. The summed E-state index contributed by atoms with van der Waals surface area (Å²) in [6, 6.07) is 9.14. The van der Waals surface area contributed by atoms with E-state index in [2.05, 4.69) is 0 Å². The van der Waals surface area contributed by atoms with Crippen molar-refractivity contribution in [3.8, 4) is 5.75 Å². The van der Waals surface area contributed by atoms with E-state index in [-0.39, 0.29) is 16.3 Å². The van der Waals surface area contributed by atoms with Gasteiger partial charge in [-0.3, -0.25) is 10.1 Å². The number of halogens is 2. The van der Waals surface area contributed by atoms with Crippen LogP contribution in [0.2, 0.25) is 5.02 Å². The zero-order valence-corrected chi connectivity index (χ0v) is 13.9. The molecule has 110 valence electrons. The third-order valence-corrected chi connectivity index (χ3v) is 4.77. The Bertz CT molecular complexity index is 792. The largest absolute Gasteiger partial charge is 0.378 e. The van der Waals surface area contributed by atoms with E-state index in [4.69, 9.17) is 15.8 Å². The molecular weight excluding hydrogens is 433 g/mol. The Morgan fingerprint density at radius 3 is 2.29 bits per heavy atom. The van der Waals surface area contributed by atoms with E-state index < -0.39 is 15.0 Å². The van der Waals surface area contributed by atoms with Gasteiger partial charge < -0.3 is 4.18 Å². The summed E-state index contributed by atoms with van der Waals surface area (Å²) in [5.41, 5.74) is -0.143. The molecule has 0 radical (unpaired) electrons. The number of hydrogen-bond acceptors (Lipinski definition) is 5. The lowest BCUT2D eigenvalue weighted by atomic mass is 10.3. The first-order chi connectivity index (χ1) is 9.79. The number of non-ortho nitro benzene ring substituents is 1. The van der Waals surface area contributed by atoms with E-state index in [1.165, 1.54) is 42.5 Å². The van der Waals surface area contributed by atoms with Crippen LogP contribution in [-0.2, 0) is 10.1 Å². The SMILES string of the molecule is O=[N+]([O-])c1ccc(OS(=O)(=O)c2ccc(Cl)cc2)c(I)c1. The van der Waals surface area contributed by atoms with Crippen LogP contribution in [0.3, 0.4) is 0 Å². The Balaban J connectivity index is 2.32. The maximum Gasteiger partial charge on any atom is 0.339 e. The summed E-state index contributed by atoms with van der Waals surface area (Å²) in [4.78, 5) is 10.0. The van der Waals surface area contributed by atoms with Crippen molar-refractivity contribution in [2.75, 3.05) is 0 Å². The third kappa shape index (κ3) is 3.83. The number of benzene rings is 2. The number of rotatable bonds is 4. The van der Waals surface area contributed by atoms with Crippen LogP contribution in [0.4, 0.5) is 5.69 Å². The standard InChI is InChI=1S/C12H7ClINO5S/c13-8-1-4-10(5-2-8)21(18,19)20-12-6-3-9(15(16)17)7-11(12)14/h1-7H. The zero-order chi connectivity index (χ0) is 15.6. The van der Waals surface area contributed by atoms with E-state index in [1.807, 2.05) is 0 Å². The molecule has 0 amide bonds. The molecule has 2 aromatic carbocycles. The summed E-state index contributed by atoms with van der Waals surface area (Å²) in [5, 5.41) is 11.0. The van der Waals surface area contributed by atoms with Crippen molar-refractivity contribution in [2.45, 2.75) is 4.90 Å². The van der Waals surface area contributed by atoms with Gasteiger partial charge in [-0.1, -0.05) is 11.6 Å². The summed E-state index contributed by atoms with van der Waals surface area (Å²) >= 11 is 7.46. The lowest BCUT2D eigenvalue weighted by molar-refractivity contribution is -0.385. The summed E-state index contributed by atoms with van der Waals surface area (Å²) in [5.74, 6) is 0.0242. The molecule has 2 aromatic rings. The second-order valence-electron chi connectivity index (χ2n) is 3.86. The van der Waals surface area contributed by atoms with Crippen LogP contribution in [0.15, 0.2) is 47.4 Å². The highest BCUT2D eigenvalue weighted by atomic mass is 127. The molecule has 0 spiro atoms. The molecule has 0 saturated heterocycles. The Morgan fingerprint density at radius 2 is 1.76 bits per heavy atom. The lowest BCUT2D eigenvalue weighted by Crippen LogP contribution is -2.10. The quantitative estimate of drug-likeness (QED) is 0.314. The second kappa shape index (κ2) is 6.16. The first-order valence-corrected chi connectivity index (χ1v) is 8.30. The predicted molar refractivity (Wildman–Crippen MR) is 85.1 cm³/mol. The maximum atomic E-state index is 12.1. The van der Waals surface area contributed by atoms with E-state index in [0.29, 0.717) is 8.59 Å². The molecule has 9 heteroatoms.